The number of ether oxygens (including phenoxy) is 1. The summed E-state index contributed by atoms with van der Waals surface area (Å²) in [5.41, 5.74) is 1.98. The minimum atomic E-state index is -0.0726. The van der Waals surface area contributed by atoms with E-state index in [0.717, 1.165) is 23.3 Å². The standard InChI is InChI=1S/C19H17NO3S2/c1-23-16-8-4-13(5-9-16)10-11-20-18(22)17(25-19(20)24)12-14-2-6-15(21)7-3-14/h2-9,12,21H,10-11H2,1H3/b17-12-. The summed E-state index contributed by atoms with van der Waals surface area (Å²) in [4.78, 5) is 14.8. The molecule has 0 aromatic heterocycles. The Morgan fingerprint density at radius 3 is 2.48 bits per heavy atom. The highest BCUT2D eigenvalue weighted by Crippen LogP contribution is 2.32. The Morgan fingerprint density at radius 2 is 1.84 bits per heavy atom. The maximum Gasteiger partial charge on any atom is 0.266 e. The number of amides is 1. The van der Waals surface area contributed by atoms with E-state index in [1.54, 1.807) is 42.4 Å². The summed E-state index contributed by atoms with van der Waals surface area (Å²) >= 11 is 6.66. The van der Waals surface area contributed by atoms with Crippen molar-refractivity contribution in [1.82, 2.24) is 4.90 Å². The third-order valence-corrected chi connectivity index (χ3v) is 5.23. The number of carbonyl (C=O) groups excluding carboxylic acids is 1. The van der Waals surface area contributed by atoms with Crippen molar-refractivity contribution in [3.63, 3.8) is 0 Å². The van der Waals surface area contributed by atoms with E-state index < -0.39 is 0 Å². The molecule has 1 fully saturated rings. The molecule has 2 aromatic rings. The minimum absolute atomic E-state index is 0.0726. The van der Waals surface area contributed by atoms with Crippen molar-refractivity contribution in [2.45, 2.75) is 6.42 Å². The average molecular weight is 371 g/mol. The lowest BCUT2D eigenvalue weighted by Crippen LogP contribution is -2.30. The zero-order chi connectivity index (χ0) is 17.8. The van der Waals surface area contributed by atoms with Gasteiger partial charge in [-0.05, 0) is 47.9 Å². The fourth-order valence-corrected chi connectivity index (χ4v) is 3.76. The molecular formula is C19H17NO3S2. The first-order valence-electron chi connectivity index (χ1n) is 7.74. The third kappa shape index (κ3) is 4.21. The van der Waals surface area contributed by atoms with Crippen LogP contribution in [0.1, 0.15) is 11.1 Å². The lowest BCUT2D eigenvalue weighted by atomic mass is 10.1. The van der Waals surface area contributed by atoms with Gasteiger partial charge in [-0.3, -0.25) is 9.69 Å². The van der Waals surface area contributed by atoms with E-state index in [1.165, 1.54) is 11.8 Å². The van der Waals surface area contributed by atoms with Crippen molar-refractivity contribution in [2.75, 3.05) is 13.7 Å². The third-order valence-electron chi connectivity index (χ3n) is 3.85. The molecule has 2 aromatic carbocycles. The average Bonchev–Trinajstić information content (AvgIpc) is 2.89. The summed E-state index contributed by atoms with van der Waals surface area (Å²) < 4.78 is 5.72. The molecule has 0 saturated carbocycles. The van der Waals surface area contributed by atoms with Gasteiger partial charge in [-0.15, -0.1) is 0 Å². The highest BCUT2D eigenvalue weighted by molar-refractivity contribution is 8.26. The molecule has 1 N–H and O–H groups in total. The maximum atomic E-state index is 12.6. The van der Waals surface area contributed by atoms with Crippen molar-refractivity contribution in [1.29, 1.82) is 0 Å². The fourth-order valence-electron chi connectivity index (χ4n) is 2.45. The number of hydrogen-bond donors (Lipinski definition) is 1. The smallest absolute Gasteiger partial charge is 0.266 e. The van der Waals surface area contributed by atoms with Crippen LogP contribution in [0.2, 0.25) is 0 Å². The van der Waals surface area contributed by atoms with Crippen LogP contribution in [0.25, 0.3) is 6.08 Å². The molecule has 1 amide bonds. The van der Waals surface area contributed by atoms with Gasteiger partial charge in [-0.25, -0.2) is 0 Å². The second-order valence-corrected chi connectivity index (χ2v) is 7.20. The van der Waals surface area contributed by atoms with Crippen molar-refractivity contribution in [3.05, 3.63) is 64.6 Å². The Hall–Kier alpha value is -2.31. The molecule has 0 bridgehead atoms. The van der Waals surface area contributed by atoms with Crippen LogP contribution < -0.4 is 4.74 Å². The number of thioether (sulfide) groups is 1. The number of rotatable bonds is 5. The molecule has 1 saturated heterocycles. The Bertz CT molecular complexity index is 814. The molecule has 6 heteroatoms. The van der Waals surface area contributed by atoms with E-state index in [0.29, 0.717) is 15.8 Å². The second kappa shape index (κ2) is 7.72. The zero-order valence-electron chi connectivity index (χ0n) is 13.6. The van der Waals surface area contributed by atoms with E-state index in [1.807, 2.05) is 24.3 Å². The second-order valence-electron chi connectivity index (χ2n) is 5.52. The predicted octanol–water partition coefficient (Wildman–Crippen LogP) is 3.84. The molecule has 0 atom stereocenters. The quantitative estimate of drug-likeness (QED) is 0.639. The topological polar surface area (TPSA) is 49.8 Å². The van der Waals surface area contributed by atoms with Gasteiger partial charge in [0.25, 0.3) is 5.91 Å². The normalized spacial score (nSPS) is 15.9. The molecular weight excluding hydrogens is 354 g/mol. The maximum absolute atomic E-state index is 12.6. The summed E-state index contributed by atoms with van der Waals surface area (Å²) in [7, 11) is 1.63. The van der Waals surface area contributed by atoms with Crippen LogP contribution in [0.15, 0.2) is 53.4 Å². The van der Waals surface area contributed by atoms with E-state index in [9.17, 15) is 9.90 Å². The predicted molar refractivity (Wildman–Crippen MR) is 105 cm³/mol. The molecule has 0 unspecified atom stereocenters. The van der Waals surface area contributed by atoms with Gasteiger partial charge < -0.3 is 9.84 Å². The van der Waals surface area contributed by atoms with Crippen LogP contribution in [0, 0.1) is 0 Å². The summed E-state index contributed by atoms with van der Waals surface area (Å²) in [5.74, 6) is 0.937. The summed E-state index contributed by atoms with van der Waals surface area (Å²) in [6, 6.07) is 14.5. The largest absolute Gasteiger partial charge is 0.508 e. The van der Waals surface area contributed by atoms with Gasteiger partial charge in [0.05, 0.1) is 12.0 Å². The fraction of sp³-hybridized carbons (Fsp3) is 0.158. The molecule has 0 aliphatic carbocycles. The number of phenolic OH excluding ortho intramolecular Hbond substituents is 1. The number of benzene rings is 2. The number of phenols is 1. The summed E-state index contributed by atoms with van der Waals surface area (Å²) in [5, 5.41) is 9.34. The number of hydrogen-bond acceptors (Lipinski definition) is 5. The summed E-state index contributed by atoms with van der Waals surface area (Å²) in [6.45, 7) is 0.546. The monoisotopic (exact) mass is 371 g/mol. The molecule has 0 spiro atoms. The molecule has 3 rings (SSSR count). The molecule has 1 aliphatic rings. The van der Waals surface area contributed by atoms with Gasteiger partial charge in [-0.2, -0.15) is 0 Å². The lowest BCUT2D eigenvalue weighted by molar-refractivity contribution is -0.122. The van der Waals surface area contributed by atoms with E-state index in [4.69, 9.17) is 17.0 Å². The number of thiocarbonyl (C=S) groups is 1. The first-order chi connectivity index (χ1) is 12.1. The highest BCUT2D eigenvalue weighted by Gasteiger charge is 2.31. The molecule has 1 heterocycles. The van der Waals surface area contributed by atoms with Gasteiger partial charge in [0.15, 0.2) is 0 Å². The van der Waals surface area contributed by atoms with Crippen molar-refractivity contribution in [3.8, 4) is 11.5 Å². The van der Waals surface area contributed by atoms with Gasteiger partial charge in [0.1, 0.15) is 15.8 Å². The number of aromatic hydroxyl groups is 1. The van der Waals surface area contributed by atoms with Crippen molar-refractivity contribution < 1.29 is 14.6 Å². The van der Waals surface area contributed by atoms with Crippen LogP contribution in [-0.2, 0) is 11.2 Å². The van der Waals surface area contributed by atoms with E-state index in [2.05, 4.69) is 0 Å². The van der Waals surface area contributed by atoms with Crippen molar-refractivity contribution in [2.24, 2.45) is 0 Å². The Balaban J connectivity index is 1.67. The summed E-state index contributed by atoms with van der Waals surface area (Å²) in [6.07, 6.45) is 2.52. The molecule has 128 valence electrons. The lowest BCUT2D eigenvalue weighted by Gasteiger charge is -2.14. The van der Waals surface area contributed by atoms with Crippen molar-refractivity contribution >= 4 is 40.3 Å². The van der Waals surface area contributed by atoms with Crippen LogP contribution in [0.5, 0.6) is 11.5 Å². The molecule has 4 nitrogen and oxygen atoms in total. The van der Waals surface area contributed by atoms with E-state index >= 15 is 0 Å². The number of methoxy groups -OCH3 is 1. The Kier molecular flexibility index (Phi) is 5.40. The van der Waals surface area contributed by atoms with Gasteiger partial charge in [-0.1, -0.05) is 48.2 Å². The number of nitrogens with zero attached hydrogens (tertiary/aromatic N) is 1. The van der Waals surface area contributed by atoms with Gasteiger partial charge in [0, 0.05) is 6.54 Å². The highest BCUT2D eigenvalue weighted by atomic mass is 32.2. The SMILES string of the molecule is COc1ccc(CCN2C(=O)/C(=C/c3ccc(O)cc3)SC2=S)cc1. The Labute approximate surface area is 156 Å². The van der Waals surface area contributed by atoms with Crippen LogP contribution in [0.4, 0.5) is 0 Å². The van der Waals surface area contributed by atoms with Crippen LogP contribution in [0.3, 0.4) is 0 Å². The first kappa shape index (κ1) is 17.5. The zero-order valence-corrected chi connectivity index (χ0v) is 15.3. The molecule has 1 aliphatic heterocycles. The van der Waals surface area contributed by atoms with Crippen LogP contribution >= 0.6 is 24.0 Å². The molecule has 0 radical (unpaired) electrons. The Morgan fingerprint density at radius 1 is 1.16 bits per heavy atom. The number of carbonyl (C=O) groups is 1. The van der Waals surface area contributed by atoms with Gasteiger partial charge in [0.2, 0.25) is 0 Å². The van der Waals surface area contributed by atoms with Gasteiger partial charge >= 0.3 is 0 Å². The first-order valence-corrected chi connectivity index (χ1v) is 8.96. The minimum Gasteiger partial charge on any atom is -0.508 e. The van der Waals surface area contributed by atoms with E-state index in [-0.39, 0.29) is 11.7 Å². The molecule has 25 heavy (non-hydrogen) atoms. The van der Waals surface area contributed by atoms with Crippen LogP contribution in [-0.4, -0.2) is 33.9 Å².